The van der Waals surface area contributed by atoms with E-state index < -0.39 is 10.0 Å². The summed E-state index contributed by atoms with van der Waals surface area (Å²) in [6.07, 6.45) is 0. The van der Waals surface area contributed by atoms with Crippen molar-refractivity contribution in [3.05, 3.63) is 64.7 Å². The number of sulfonamides is 1. The second kappa shape index (κ2) is 8.66. The second-order valence-electron chi connectivity index (χ2n) is 5.83. The molecule has 0 aromatic heterocycles. The standard InChI is InChI=1S/C19H23ClN2O3S/c1-4-22(5-2)26(24,25)16-10-8-9-15(13-16)19(23)21-14(3)17-11-6-7-12-18(17)20/h6-14H,4-5H2,1-3H3,(H,21,23)/t14-/m0/s1. The summed E-state index contributed by atoms with van der Waals surface area (Å²) in [7, 11) is -3.61. The Morgan fingerprint density at radius 3 is 2.38 bits per heavy atom. The topological polar surface area (TPSA) is 66.5 Å². The Labute approximate surface area is 160 Å². The Morgan fingerprint density at radius 1 is 1.12 bits per heavy atom. The molecule has 140 valence electrons. The van der Waals surface area contributed by atoms with E-state index >= 15 is 0 Å². The maximum Gasteiger partial charge on any atom is 0.251 e. The van der Waals surface area contributed by atoms with Crippen molar-refractivity contribution >= 4 is 27.5 Å². The lowest BCUT2D eigenvalue weighted by Gasteiger charge is -2.19. The van der Waals surface area contributed by atoms with Crippen LogP contribution in [0.25, 0.3) is 0 Å². The summed E-state index contributed by atoms with van der Waals surface area (Å²) in [5.74, 6) is -0.353. The minimum Gasteiger partial charge on any atom is -0.345 e. The van der Waals surface area contributed by atoms with Crippen LogP contribution in [0.4, 0.5) is 0 Å². The molecule has 26 heavy (non-hydrogen) atoms. The van der Waals surface area contributed by atoms with Crippen molar-refractivity contribution in [3.8, 4) is 0 Å². The van der Waals surface area contributed by atoms with Gasteiger partial charge in [0.05, 0.1) is 10.9 Å². The first kappa shape index (κ1) is 20.4. The summed E-state index contributed by atoms with van der Waals surface area (Å²) < 4.78 is 26.6. The summed E-state index contributed by atoms with van der Waals surface area (Å²) in [6, 6.07) is 13.0. The number of benzene rings is 2. The monoisotopic (exact) mass is 394 g/mol. The minimum atomic E-state index is -3.61. The molecule has 1 amide bonds. The fourth-order valence-electron chi connectivity index (χ4n) is 2.69. The van der Waals surface area contributed by atoms with Crippen LogP contribution < -0.4 is 5.32 Å². The number of halogens is 1. The smallest absolute Gasteiger partial charge is 0.251 e. The number of amides is 1. The van der Waals surface area contributed by atoms with Crippen molar-refractivity contribution in [1.29, 1.82) is 0 Å². The molecule has 0 bridgehead atoms. The van der Waals surface area contributed by atoms with Gasteiger partial charge in [-0.05, 0) is 36.8 Å². The van der Waals surface area contributed by atoms with E-state index in [0.29, 0.717) is 18.1 Å². The van der Waals surface area contributed by atoms with E-state index in [-0.39, 0.29) is 22.4 Å². The van der Waals surface area contributed by atoms with E-state index in [1.807, 2.05) is 25.1 Å². The van der Waals surface area contributed by atoms with Crippen LogP contribution in [0.3, 0.4) is 0 Å². The van der Waals surface area contributed by atoms with Crippen molar-refractivity contribution in [2.75, 3.05) is 13.1 Å². The molecule has 0 aliphatic rings. The summed E-state index contributed by atoms with van der Waals surface area (Å²) in [5, 5.41) is 3.43. The van der Waals surface area contributed by atoms with Gasteiger partial charge in [-0.3, -0.25) is 4.79 Å². The van der Waals surface area contributed by atoms with E-state index in [1.54, 1.807) is 32.0 Å². The van der Waals surface area contributed by atoms with Crippen molar-refractivity contribution in [3.63, 3.8) is 0 Å². The molecular formula is C19H23ClN2O3S. The molecule has 0 aliphatic heterocycles. The highest BCUT2D eigenvalue weighted by Crippen LogP contribution is 2.23. The highest BCUT2D eigenvalue weighted by molar-refractivity contribution is 7.89. The summed E-state index contributed by atoms with van der Waals surface area (Å²) >= 11 is 6.16. The second-order valence-corrected chi connectivity index (χ2v) is 8.18. The van der Waals surface area contributed by atoms with Gasteiger partial charge in [0.15, 0.2) is 0 Å². The van der Waals surface area contributed by atoms with Gasteiger partial charge in [0, 0.05) is 23.7 Å². The third-order valence-corrected chi connectivity index (χ3v) is 6.55. The summed E-state index contributed by atoms with van der Waals surface area (Å²) in [4.78, 5) is 12.7. The molecule has 0 saturated heterocycles. The molecule has 1 N–H and O–H groups in total. The Bertz CT molecular complexity index is 880. The molecule has 2 aromatic carbocycles. The average molecular weight is 395 g/mol. The van der Waals surface area contributed by atoms with Gasteiger partial charge in [0.2, 0.25) is 10.0 Å². The zero-order valence-corrected chi connectivity index (χ0v) is 16.6. The molecule has 0 fully saturated rings. The normalized spacial score (nSPS) is 12.8. The molecule has 0 spiro atoms. The van der Waals surface area contributed by atoms with Crippen molar-refractivity contribution in [2.24, 2.45) is 0 Å². The van der Waals surface area contributed by atoms with Gasteiger partial charge in [0.1, 0.15) is 0 Å². The molecule has 5 nitrogen and oxygen atoms in total. The van der Waals surface area contributed by atoms with E-state index in [4.69, 9.17) is 11.6 Å². The highest BCUT2D eigenvalue weighted by Gasteiger charge is 2.23. The van der Waals surface area contributed by atoms with Gasteiger partial charge in [0.25, 0.3) is 5.91 Å². The fourth-order valence-corrected chi connectivity index (χ4v) is 4.50. The molecule has 2 aromatic rings. The van der Waals surface area contributed by atoms with E-state index in [1.165, 1.54) is 16.4 Å². The number of carbonyl (C=O) groups is 1. The quantitative estimate of drug-likeness (QED) is 0.775. The van der Waals surface area contributed by atoms with Crippen LogP contribution in [-0.4, -0.2) is 31.7 Å². The minimum absolute atomic E-state index is 0.110. The molecule has 1 atom stereocenters. The first-order chi connectivity index (χ1) is 12.3. The van der Waals surface area contributed by atoms with Crippen LogP contribution in [0.15, 0.2) is 53.4 Å². The molecule has 7 heteroatoms. The maximum atomic E-state index is 12.6. The maximum absolute atomic E-state index is 12.6. The van der Waals surface area contributed by atoms with Gasteiger partial charge in [-0.15, -0.1) is 0 Å². The van der Waals surface area contributed by atoms with Crippen molar-refractivity contribution in [1.82, 2.24) is 9.62 Å². The van der Waals surface area contributed by atoms with Crippen LogP contribution >= 0.6 is 11.6 Å². The van der Waals surface area contributed by atoms with E-state index in [9.17, 15) is 13.2 Å². The first-order valence-corrected chi connectivity index (χ1v) is 10.3. The third kappa shape index (κ3) is 4.44. The van der Waals surface area contributed by atoms with Crippen LogP contribution in [-0.2, 0) is 10.0 Å². The van der Waals surface area contributed by atoms with Crippen LogP contribution in [0.2, 0.25) is 5.02 Å². The number of hydrogen-bond acceptors (Lipinski definition) is 3. The lowest BCUT2D eigenvalue weighted by molar-refractivity contribution is 0.0939. The van der Waals surface area contributed by atoms with E-state index in [0.717, 1.165) is 5.56 Å². The van der Waals surface area contributed by atoms with Gasteiger partial charge in [-0.25, -0.2) is 8.42 Å². The average Bonchev–Trinajstić information content (AvgIpc) is 2.63. The van der Waals surface area contributed by atoms with Crippen molar-refractivity contribution < 1.29 is 13.2 Å². The number of nitrogens with zero attached hydrogens (tertiary/aromatic N) is 1. The molecule has 0 saturated carbocycles. The molecule has 2 rings (SSSR count). The number of carbonyl (C=O) groups excluding carboxylic acids is 1. The lowest BCUT2D eigenvalue weighted by Crippen LogP contribution is -2.31. The van der Waals surface area contributed by atoms with Gasteiger partial charge in [-0.1, -0.05) is 49.7 Å². The number of hydrogen-bond donors (Lipinski definition) is 1. The van der Waals surface area contributed by atoms with Crippen LogP contribution in [0.1, 0.15) is 42.7 Å². The van der Waals surface area contributed by atoms with Gasteiger partial charge < -0.3 is 5.32 Å². The van der Waals surface area contributed by atoms with Gasteiger partial charge in [-0.2, -0.15) is 4.31 Å². The van der Waals surface area contributed by atoms with Crippen LogP contribution in [0.5, 0.6) is 0 Å². The highest BCUT2D eigenvalue weighted by atomic mass is 35.5. The first-order valence-electron chi connectivity index (χ1n) is 8.46. The Kier molecular flexibility index (Phi) is 6.81. The lowest BCUT2D eigenvalue weighted by atomic mass is 10.1. The largest absolute Gasteiger partial charge is 0.345 e. The molecule has 0 aliphatic carbocycles. The zero-order valence-electron chi connectivity index (χ0n) is 15.1. The third-order valence-electron chi connectivity index (χ3n) is 4.16. The molecule has 0 heterocycles. The SMILES string of the molecule is CCN(CC)S(=O)(=O)c1cccc(C(=O)N[C@@H](C)c2ccccc2Cl)c1. The van der Waals surface area contributed by atoms with Crippen LogP contribution in [0, 0.1) is 0 Å². The predicted octanol–water partition coefficient (Wildman–Crippen LogP) is 3.86. The Morgan fingerprint density at radius 2 is 1.77 bits per heavy atom. The molecular weight excluding hydrogens is 372 g/mol. The Hall–Kier alpha value is -1.89. The summed E-state index contributed by atoms with van der Waals surface area (Å²) in [6.45, 7) is 6.14. The summed E-state index contributed by atoms with van der Waals surface area (Å²) in [5.41, 5.74) is 1.09. The van der Waals surface area contributed by atoms with Crippen molar-refractivity contribution in [2.45, 2.75) is 31.7 Å². The fraction of sp³-hybridized carbons (Fsp3) is 0.316. The Balaban J connectivity index is 2.25. The number of rotatable bonds is 7. The molecule has 0 unspecified atom stereocenters. The number of nitrogens with one attached hydrogen (secondary N) is 1. The van der Waals surface area contributed by atoms with Gasteiger partial charge >= 0.3 is 0 Å². The molecule has 0 radical (unpaired) electrons. The predicted molar refractivity (Wildman–Crippen MR) is 104 cm³/mol. The zero-order chi connectivity index (χ0) is 19.3. The van der Waals surface area contributed by atoms with E-state index in [2.05, 4.69) is 5.32 Å².